The van der Waals surface area contributed by atoms with Crippen LogP contribution < -0.4 is 10.6 Å². The summed E-state index contributed by atoms with van der Waals surface area (Å²) in [6, 6.07) is 7.00. The Morgan fingerprint density at radius 1 is 0.360 bits per heavy atom. The maximum absolute atomic E-state index is 12.1. The first-order chi connectivity index (χ1) is 24.7. The van der Waals surface area contributed by atoms with Crippen LogP contribution in [0.1, 0.15) is 219 Å². The van der Waals surface area contributed by atoms with Gasteiger partial charge in [-0.05, 0) is 37.1 Å². The van der Waals surface area contributed by atoms with E-state index < -0.39 is 12.2 Å². The van der Waals surface area contributed by atoms with Crippen molar-refractivity contribution in [2.45, 2.75) is 219 Å². The molecule has 0 heterocycles. The van der Waals surface area contributed by atoms with Crippen LogP contribution in [-0.4, -0.2) is 25.4 Å². The lowest BCUT2D eigenvalue weighted by Crippen LogP contribution is -2.15. The second kappa shape index (κ2) is 36.5. The molecule has 6 heteroatoms. The number of amides is 2. The lowest BCUT2D eigenvalue weighted by Gasteiger charge is -2.09. The summed E-state index contributed by atoms with van der Waals surface area (Å²) in [5.74, 6) is 0. The minimum Gasteiger partial charge on any atom is -0.449 e. The van der Waals surface area contributed by atoms with Crippen LogP contribution in [-0.2, 0) is 9.47 Å². The summed E-state index contributed by atoms with van der Waals surface area (Å²) in [5.41, 5.74) is 1.27. The van der Waals surface area contributed by atoms with E-state index in [2.05, 4.69) is 24.5 Å². The Kier molecular flexibility index (Phi) is 33.5. The van der Waals surface area contributed by atoms with E-state index in [0.717, 1.165) is 25.7 Å². The van der Waals surface area contributed by atoms with E-state index in [4.69, 9.17) is 9.47 Å². The van der Waals surface area contributed by atoms with E-state index in [1.54, 1.807) is 24.3 Å². The molecule has 0 aliphatic carbocycles. The molecule has 0 atom stereocenters. The van der Waals surface area contributed by atoms with Crippen molar-refractivity contribution in [3.8, 4) is 0 Å². The summed E-state index contributed by atoms with van der Waals surface area (Å²) in [6.45, 7) is 5.44. The van der Waals surface area contributed by atoms with Gasteiger partial charge in [0.2, 0.25) is 0 Å². The van der Waals surface area contributed by atoms with Gasteiger partial charge in [0, 0.05) is 11.4 Å². The summed E-state index contributed by atoms with van der Waals surface area (Å²) in [7, 11) is 0. The first-order valence-electron chi connectivity index (χ1n) is 21.6. The molecule has 50 heavy (non-hydrogen) atoms. The summed E-state index contributed by atoms with van der Waals surface area (Å²) < 4.78 is 10.7. The molecule has 0 fully saturated rings. The molecule has 0 saturated heterocycles. The van der Waals surface area contributed by atoms with Crippen LogP contribution in [0.15, 0.2) is 24.3 Å². The number of benzene rings is 1. The van der Waals surface area contributed by atoms with Crippen molar-refractivity contribution in [2.24, 2.45) is 0 Å². The smallest absolute Gasteiger partial charge is 0.411 e. The van der Waals surface area contributed by atoms with Crippen molar-refractivity contribution < 1.29 is 19.1 Å². The number of hydrogen-bond acceptors (Lipinski definition) is 4. The number of carbonyl (C=O) groups excluding carboxylic acids is 2. The first-order valence-corrected chi connectivity index (χ1v) is 21.6. The average molecular weight is 701 g/mol. The number of anilines is 2. The van der Waals surface area contributed by atoms with Crippen molar-refractivity contribution in [1.82, 2.24) is 0 Å². The van der Waals surface area contributed by atoms with Crippen LogP contribution >= 0.6 is 0 Å². The number of ether oxygens (including phenoxy) is 2. The number of rotatable bonds is 36. The van der Waals surface area contributed by atoms with Gasteiger partial charge >= 0.3 is 12.2 Å². The highest BCUT2D eigenvalue weighted by Crippen LogP contribution is 2.17. The van der Waals surface area contributed by atoms with Crippen molar-refractivity contribution in [2.75, 3.05) is 23.8 Å². The van der Waals surface area contributed by atoms with E-state index in [0.29, 0.717) is 24.6 Å². The van der Waals surface area contributed by atoms with Gasteiger partial charge in [-0.3, -0.25) is 10.6 Å². The molecule has 0 spiro atoms. The molecule has 290 valence electrons. The van der Waals surface area contributed by atoms with Crippen molar-refractivity contribution in [3.05, 3.63) is 24.3 Å². The second-order valence-corrected chi connectivity index (χ2v) is 14.7. The van der Waals surface area contributed by atoms with Crippen LogP contribution in [0.2, 0.25) is 0 Å². The van der Waals surface area contributed by atoms with Gasteiger partial charge in [0.15, 0.2) is 0 Å². The van der Waals surface area contributed by atoms with Gasteiger partial charge in [-0.25, -0.2) is 9.59 Å². The highest BCUT2D eigenvalue weighted by atomic mass is 16.6. The second-order valence-electron chi connectivity index (χ2n) is 14.7. The molecule has 2 N–H and O–H groups in total. The lowest BCUT2D eigenvalue weighted by molar-refractivity contribution is 0.158. The van der Waals surface area contributed by atoms with Crippen LogP contribution in [0, 0.1) is 0 Å². The topological polar surface area (TPSA) is 76.7 Å². The molecule has 6 nitrogen and oxygen atoms in total. The summed E-state index contributed by atoms with van der Waals surface area (Å²) >= 11 is 0. The normalized spacial score (nSPS) is 11.1. The van der Waals surface area contributed by atoms with Gasteiger partial charge < -0.3 is 9.47 Å². The molecule has 2 amide bonds. The molecule has 0 bridgehead atoms. The van der Waals surface area contributed by atoms with E-state index in [1.807, 2.05) is 0 Å². The molecule has 0 aromatic heterocycles. The van der Waals surface area contributed by atoms with Gasteiger partial charge in [0.1, 0.15) is 0 Å². The van der Waals surface area contributed by atoms with Gasteiger partial charge in [0.25, 0.3) is 0 Å². The molecule has 0 unspecified atom stereocenters. The molecule has 0 radical (unpaired) electrons. The molecule has 1 rings (SSSR count). The third kappa shape index (κ3) is 31.7. The third-order valence-electron chi connectivity index (χ3n) is 9.84. The predicted octanol–water partition coefficient (Wildman–Crippen LogP) is 15.3. The molecular weight excluding hydrogens is 620 g/mol. The fraction of sp³-hybridized carbons (Fsp3) is 0.818. The summed E-state index contributed by atoms with van der Waals surface area (Å²) in [4.78, 5) is 24.3. The molecule has 0 saturated carbocycles. The number of nitrogens with one attached hydrogen (secondary N) is 2. The summed E-state index contributed by atoms with van der Waals surface area (Å²) in [5, 5.41) is 5.52. The predicted molar refractivity (Wildman–Crippen MR) is 215 cm³/mol. The van der Waals surface area contributed by atoms with Gasteiger partial charge in [-0.2, -0.15) is 0 Å². The number of unbranched alkanes of at least 4 members (excludes halogenated alkanes) is 30. The standard InChI is InChI=1S/C44H80N2O4/c1-3-5-7-9-11-13-15-17-19-21-23-25-27-29-31-33-39-49-43(47)45-41-35-37-42(38-36-41)46-44(48)50-40-34-32-30-28-26-24-22-20-18-16-14-12-10-8-6-4-2/h35-38H,3-34,39-40H2,1-2H3,(H,45,47)(H,46,48). The Morgan fingerprint density at radius 3 is 0.780 bits per heavy atom. The minimum atomic E-state index is -0.440. The zero-order valence-electron chi connectivity index (χ0n) is 33.0. The SMILES string of the molecule is CCCCCCCCCCCCCCCCCCOC(=O)Nc1ccc(NC(=O)OCCCCCCCCCCCCCCCCCC)cc1. The Labute approximate surface area is 309 Å². The zero-order valence-corrected chi connectivity index (χ0v) is 33.0. The lowest BCUT2D eigenvalue weighted by atomic mass is 10.0. The third-order valence-corrected chi connectivity index (χ3v) is 9.84. The van der Waals surface area contributed by atoms with E-state index in [9.17, 15) is 9.59 Å². The molecule has 0 aliphatic rings. The molecular formula is C44H80N2O4. The quantitative estimate of drug-likeness (QED) is 0.0683. The van der Waals surface area contributed by atoms with Gasteiger partial charge in [-0.15, -0.1) is 0 Å². The van der Waals surface area contributed by atoms with Crippen molar-refractivity contribution in [3.63, 3.8) is 0 Å². The molecule has 0 aliphatic heterocycles. The fourth-order valence-electron chi connectivity index (χ4n) is 6.57. The monoisotopic (exact) mass is 701 g/mol. The van der Waals surface area contributed by atoms with Crippen LogP contribution in [0.3, 0.4) is 0 Å². The highest BCUT2D eigenvalue weighted by Gasteiger charge is 2.06. The Hall–Kier alpha value is -2.24. The maximum Gasteiger partial charge on any atom is 0.411 e. The van der Waals surface area contributed by atoms with E-state index >= 15 is 0 Å². The van der Waals surface area contributed by atoms with Gasteiger partial charge in [-0.1, -0.05) is 206 Å². The maximum atomic E-state index is 12.1. The minimum absolute atomic E-state index is 0.440. The zero-order chi connectivity index (χ0) is 36.0. The van der Waals surface area contributed by atoms with Gasteiger partial charge in [0.05, 0.1) is 13.2 Å². The van der Waals surface area contributed by atoms with Crippen LogP contribution in [0.25, 0.3) is 0 Å². The van der Waals surface area contributed by atoms with Crippen LogP contribution in [0.4, 0.5) is 21.0 Å². The first kappa shape index (κ1) is 45.8. The average Bonchev–Trinajstić information content (AvgIpc) is 3.11. The van der Waals surface area contributed by atoms with Crippen molar-refractivity contribution in [1.29, 1.82) is 0 Å². The van der Waals surface area contributed by atoms with E-state index in [-0.39, 0.29) is 0 Å². The molecule has 1 aromatic carbocycles. The number of carbonyl (C=O) groups is 2. The van der Waals surface area contributed by atoms with Crippen molar-refractivity contribution >= 4 is 23.6 Å². The summed E-state index contributed by atoms with van der Waals surface area (Å²) in [6.07, 6.45) is 41.5. The van der Waals surface area contributed by atoms with Crippen LogP contribution in [0.5, 0.6) is 0 Å². The Morgan fingerprint density at radius 2 is 0.560 bits per heavy atom. The Balaban J connectivity index is 1.89. The number of hydrogen-bond donors (Lipinski definition) is 2. The van der Waals surface area contributed by atoms with E-state index in [1.165, 1.54) is 180 Å². The fourth-order valence-corrected chi connectivity index (χ4v) is 6.57. The molecule has 1 aromatic rings. The Bertz CT molecular complexity index is 804. The highest BCUT2D eigenvalue weighted by molar-refractivity contribution is 5.87. The largest absolute Gasteiger partial charge is 0.449 e.